The predicted molar refractivity (Wildman–Crippen MR) is 133 cm³/mol. The Morgan fingerprint density at radius 3 is 2.08 bits per heavy atom. The van der Waals surface area contributed by atoms with Crippen LogP contribution < -0.4 is 0 Å². The van der Waals surface area contributed by atoms with E-state index in [-0.39, 0.29) is 28.6 Å². The van der Waals surface area contributed by atoms with Gasteiger partial charge in [-0.25, -0.2) is 0 Å². The number of carbonyl (C=O) groups is 2. The van der Waals surface area contributed by atoms with Crippen LogP contribution in [0.2, 0.25) is 0 Å². The van der Waals surface area contributed by atoms with E-state index in [1.807, 2.05) is 13.8 Å². The van der Waals surface area contributed by atoms with E-state index in [0.717, 1.165) is 18.4 Å². The number of hydrogen-bond donors (Lipinski definition) is 5. The van der Waals surface area contributed by atoms with Gasteiger partial charge in [-0.3, -0.25) is 9.59 Å². The van der Waals surface area contributed by atoms with E-state index in [4.69, 9.17) is 0 Å². The quantitative estimate of drug-likeness (QED) is 0.361. The zero-order valence-electron chi connectivity index (χ0n) is 22.3. The largest absolute Gasteiger partial charge is 0.481 e. The van der Waals surface area contributed by atoms with Gasteiger partial charge in [0.2, 0.25) is 0 Å². The number of rotatable bonds is 2. The van der Waals surface area contributed by atoms with Crippen LogP contribution in [0.25, 0.3) is 0 Å². The van der Waals surface area contributed by atoms with Gasteiger partial charge in [0.1, 0.15) is 0 Å². The monoisotopic (exact) mass is 504 g/mol. The van der Waals surface area contributed by atoms with Crippen molar-refractivity contribution in [2.75, 3.05) is 0 Å². The molecule has 11 atom stereocenters. The van der Waals surface area contributed by atoms with Crippen molar-refractivity contribution in [1.82, 2.24) is 0 Å². The first-order chi connectivity index (χ1) is 16.6. The van der Waals surface area contributed by atoms with Gasteiger partial charge in [0.15, 0.2) is 0 Å². The Labute approximate surface area is 214 Å². The normalized spacial score (nSPS) is 53.7. The molecule has 36 heavy (non-hydrogen) atoms. The lowest BCUT2D eigenvalue weighted by Crippen LogP contribution is -2.67. The van der Waals surface area contributed by atoms with Crippen LogP contribution in [0.4, 0.5) is 0 Å². The van der Waals surface area contributed by atoms with Crippen LogP contribution in [0.1, 0.15) is 86.0 Å². The molecule has 0 aromatic heterocycles. The fraction of sp³-hybridized carbons (Fsp3) is 0.862. The number of allylic oxidation sites excluding steroid dienone is 1. The number of fused-ring (bicyclic) bond motifs is 7. The molecule has 0 spiro atoms. The Hall–Kier alpha value is -1.44. The van der Waals surface area contributed by atoms with Crippen molar-refractivity contribution >= 4 is 11.9 Å². The lowest BCUT2D eigenvalue weighted by Gasteiger charge is -2.67. The standard InChI is InChI=1S/C29H44O7/c1-25(2)10-12-29(24(35)36)13-11-26(3)15-8-9-19-27(4,14-18(30)21(31)28(19,5)23(33)34)16(15)6-7-17(26)20(29)22(25)32/h7,15-16,18-22,30-32H,6,8-14H2,1-5H3,(H,33,34)(H,35,36). The molecule has 5 aliphatic carbocycles. The van der Waals surface area contributed by atoms with Gasteiger partial charge in [0.25, 0.3) is 0 Å². The molecule has 0 aromatic carbocycles. The summed E-state index contributed by atoms with van der Waals surface area (Å²) in [6, 6.07) is 0. The number of aliphatic carboxylic acids is 2. The van der Waals surface area contributed by atoms with Crippen molar-refractivity contribution in [2.45, 2.75) is 104 Å². The molecular weight excluding hydrogens is 460 g/mol. The van der Waals surface area contributed by atoms with E-state index in [1.165, 1.54) is 0 Å². The van der Waals surface area contributed by atoms with E-state index in [0.29, 0.717) is 38.5 Å². The molecule has 5 rings (SSSR count). The first-order valence-corrected chi connectivity index (χ1v) is 13.8. The van der Waals surface area contributed by atoms with E-state index in [1.54, 1.807) is 6.92 Å². The van der Waals surface area contributed by atoms with E-state index in [2.05, 4.69) is 19.9 Å². The molecule has 4 saturated carbocycles. The molecule has 4 fully saturated rings. The first kappa shape index (κ1) is 26.2. The molecular formula is C29H44O7. The molecule has 0 aliphatic heterocycles. The van der Waals surface area contributed by atoms with Crippen molar-refractivity contribution in [3.63, 3.8) is 0 Å². The SMILES string of the molecule is CC1(C)CCC2(C(=O)O)CCC3(C)C(=CCC4C3CCC3C4(C)CC(O)C(O)C3(C)C(=O)O)C2C1O. The molecule has 5 N–H and O–H groups in total. The number of aliphatic hydroxyl groups excluding tert-OH is 3. The minimum absolute atomic E-state index is 0.122. The fourth-order valence-electron chi connectivity index (χ4n) is 10.2. The van der Waals surface area contributed by atoms with Crippen LogP contribution in [0.3, 0.4) is 0 Å². The summed E-state index contributed by atoms with van der Waals surface area (Å²) in [4.78, 5) is 25.2. The van der Waals surface area contributed by atoms with Gasteiger partial charge in [-0.05, 0) is 92.3 Å². The maximum Gasteiger partial charge on any atom is 0.312 e. The average molecular weight is 505 g/mol. The topological polar surface area (TPSA) is 135 Å². The third-order valence-electron chi connectivity index (χ3n) is 12.6. The molecule has 0 radical (unpaired) electrons. The van der Waals surface area contributed by atoms with Crippen molar-refractivity contribution in [3.05, 3.63) is 11.6 Å². The highest BCUT2D eigenvalue weighted by Crippen LogP contribution is 2.71. The van der Waals surface area contributed by atoms with Crippen LogP contribution in [0.15, 0.2) is 11.6 Å². The summed E-state index contributed by atoms with van der Waals surface area (Å²) in [6.07, 6.45) is 4.06. The van der Waals surface area contributed by atoms with Crippen LogP contribution in [-0.2, 0) is 9.59 Å². The van der Waals surface area contributed by atoms with Crippen molar-refractivity contribution in [1.29, 1.82) is 0 Å². The molecule has 202 valence electrons. The third-order valence-corrected chi connectivity index (χ3v) is 12.6. The molecule has 0 heterocycles. The van der Waals surface area contributed by atoms with Gasteiger partial charge in [0, 0.05) is 5.92 Å². The smallest absolute Gasteiger partial charge is 0.312 e. The highest BCUT2D eigenvalue weighted by molar-refractivity contribution is 5.77. The number of carboxylic acids is 2. The minimum atomic E-state index is -1.42. The summed E-state index contributed by atoms with van der Waals surface area (Å²) in [5.74, 6) is -2.21. The highest BCUT2D eigenvalue weighted by Gasteiger charge is 2.69. The number of carboxylic acid groups (broad SMARTS) is 2. The molecule has 0 saturated heterocycles. The van der Waals surface area contributed by atoms with E-state index < -0.39 is 52.4 Å². The molecule has 7 nitrogen and oxygen atoms in total. The second-order valence-electron chi connectivity index (χ2n) is 14.3. The number of hydrogen-bond acceptors (Lipinski definition) is 5. The molecule has 0 aromatic rings. The maximum absolute atomic E-state index is 12.7. The summed E-state index contributed by atoms with van der Waals surface area (Å²) in [6.45, 7) is 10.0. The summed E-state index contributed by atoms with van der Waals surface area (Å²) in [7, 11) is 0. The van der Waals surface area contributed by atoms with Crippen molar-refractivity contribution < 1.29 is 35.1 Å². The van der Waals surface area contributed by atoms with Crippen LogP contribution in [0, 0.1) is 50.7 Å². The Morgan fingerprint density at radius 2 is 1.47 bits per heavy atom. The summed E-state index contributed by atoms with van der Waals surface area (Å²) < 4.78 is 0. The van der Waals surface area contributed by atoms with Gasteiger partial charge in [0.05, 0.1) is 29.1 Å². The Balaban J connectivity index is 1.60. The van der Waals surface area contributed by atoms with E-state index in [9.17, 15) is 35.1 Å². The molecule has 5 aliphatic rings. The van der Waals surface area contributed by atoms with Crippen LogP contribution >= 0.6 is 0 Å². The Kier molecular flexibility index (Phi) is 5.67. The van der Waals surface area contributed by atoms with Gasteiger partial charge >= 0.3 is 11.9 Å². The molecule has 7 heteroatoms. The zero-order chi connectivity index (χ0) is 26.6. The second kappa shape index (κ2) is 7.79. The van der Waals surface area contributed by atoms with Gasteiger partial charge in [-0.15, -0.1) is 0 Å². The van der Waals surface area contributed by atoms with Gasteiger partial charge in [-0.2, -0.15) is 0 Å². The predicted octanol–water partition coefficient (Wildman–Crippen LogP) is 3.85. The molecule has 0 amide bonds. The first-order valence-electron chi connectivity index (χ1n) is 13.8. The van der Waals surface area contributed by atoms with E-state index >= 15 is 0 Å². The lowest BCUT2D eigenvalue weighted by molar-refractivity contribution is -0.225. The van der Waals surface area contributed by atoms with Crippen molar-refractivity contribution in [3.8, 4) is 0 Å². The van der Waals surface area contributed by atoms with Gasteiger partial charge in [-0.1, -0.05) is 39.3 Å². The van der Waals surface area contributed by atoms with Crippen LogP contribution in [0.5, 0.6) is 0 Å². The summed E-state index contributed by atoms with van der Waals surface area (Å²) in [5.41, 5.74) is -2.38. The Bertz CT molecular complexity index is 1000. The lowest BCUT2D eigenvalue weighted by atomic mass is 9.37. The maximum atomic E-state index is 12.7. The molecule has 0 bridgehead atoms. The fourth-order valence-corrected chi connectivity index (χ4v) is 10.2. The molecule has 11 unspecified atom stereocenters. The minimum Gasteiger partial charge on any atom is -0.481 e. The summed E-state index contributed by atoms with van der Waals surface area (Å²) in [5, 5.41) is 53.9. The number of aliphatic hydroxyl groups is 3. The van der Waals surface area contributed by atoms with Crippen molar-refractivity contribution in [2.24, 2.45) is 50.7 Å². The zero-order valence-corrected chi connectivity index (χ0v) is 22.3. The average Bonchev–Trinajstić information content (AvgIpc) is 2.79. The third kappa shape index (κ3) is 3.02. The summed E-state index contributed by atoms with van der Waals surface area (Å²) >= 11 is 0. The second-order valence-corrected chi connectivity index (χ2v) is 14.3. The highest BCUT2D eigenvalue weighted by atomic mass is 16.4. The Morgan fingerprint density at radius 1 is 0.833 bits per heavy atom. The van der Waals surface area contributed by atoms with Crippen LogP contribution in [-0.4, -0.2) is 55.8 Å². The van der Waals surface area contributed by atoms with Gasteiger partial charge < -0.3 is 25.5 Å².